The molecule has 0 aliphatic heterocycles. The molecule has 5 heteroatoms. The van der Waals surface area contributed by atoms with E-state index in [4.69, 9.17) is 0 Å². The summed E-state index contributed by atoms with van der Waals surface area (Å²) in [5.74, 6) is 0.379. The third-order valence-electron chi connectivity index (χ3n) is 2.27. The highest BCUT2D eigenvalue weighted by molar-refractivity contribution is 8.00. The van der Waals surface area contributed by atoms with Gasteiger partial charge in [-0.2, -0.15) is 13.2 Å². The Hall–Kier alpha value is -0.840. The molecule has 0 aromatic heterocycles. The molecule has 1 aromatic carbocycles. The fourth-order valence-electron chi connectivity index (χ4n) is 1.51. The summed E-state index contributed by atoms with van der Waals surface area (Å²) in [7, 11) is 0. The van der Waals surface area contributed by atoms with Gasteiger partial charge in [0.2, 0.25) is 0 Å². The predicted molar refractivity (Wildman–Crippen MR) is 67.5 cm³/mol. The van der Waals surface area contributed by atoms with Crippen molar-refractivity contribution in [1.82, 2.24) is 0 Å². The van der Waals surface area contributed by atoms with Crippen molar-refractivity contribution in [2.24, 2.45) is 0 Å². The largest absolute Gasteiger partial charge is 0.441 e. The van der Waals surface area contributed by atoms with Crippen molar-refractivity contribution in [3.05, 3.63) is 29.8 Å². The maximum atomic E-state index is 11.9. The second kappa shape index (κ2) is 6.19. The molecule has 0 spiro atoms. The first-order valence-electron chi connectivity index (χ1n) is 5.43. The molecule has 17 heavy (non-hydrogen) atoms. The normalized spacial score (nSPS) is 11.9. The molecule has 0 aliphatic carbocycles. The lowest BCUT2D eigenvalue weighted by Crippen LogP contribution is -2.10. The van der Waals surface area contributed by atoms with Crippen molar-refractivity contribution >= 4 is 17.4 Å². The summed E-state index contributed by atoms with van der Waals surface area (Å²) < 4.78 is 35.8. The predicted octanol–water partition coefficient (Wildman–Crippen LogP) is 4.47. The number of anilines is 1. The highest BCUT2D eigenvalue weighted by atomic mass is 32.2. The lowest BCUT2D eigenvalue weighted by Gasteiger charge is -2.14. The van der Waals surface area contributed by atoms with Gasteiger partial charge in [0.1, 0.15) is 0 Å². The average Bonchev–Trinajstić information content (AvgIpc) is 2.23. The van der Waals surface area contributed by atoms with Crippen molar-refractivity contribution in [2.75, 3.05) is 17.6 Å². The number of para-hydroxylation sites is 1. The van der Waals surface area contributed by atoms with E-state index in [1.165, 1.54) is 0 Å². The quantitative estimate of drug-likeness (QED) is 0.786. The van der Waals surface area contributed by atoms with Gasteiger partial charge in [0.25, 0.3) is 0 Å². The summed E-state index contributed by atoms with van der Waals surface area (Å²) in [6, 6.07) is 7.70. The van der Waals surface area contributed by atoms with E-state index < -0.39 is 5.51 Å². The Kier molecular flexibility index (Phi) is 5.18. The van der Waals surface area contributed by atoms with Crippen LogP contribution in [0, 0.1) is 0 Å². The van der Waals surface area contributed by atoms with E-state index in [9.17, 15) is 13.2 Å². The molecule has 0 bridgehead atoms. The Bertz CT molecular complexity index is 350. The number of rotatable bonds is 5. The number of benzene rings is 1. The Balaban J connectivity index is 2.47. The highest BCUT2D eigenvalue weighted by Gasteiger charge is 2.27. The van der Waals surface area contributed by atoms with Gasteiger partial charge >= 0.3 is 5.51 Å². The molecule has 0 radical (unpaired) electrons. The number of hydrogen-bond donors (Lipinski definition) is 1. The molecule has 96 valence electrons. The minimum Gasteiger partial charge on any atom is -0.384 e. The van der Waals surface area contributed by atoms with Crippen molar-refractivity contribution in [2.45, 2.75) is 25.3 Å². The Morgan fingerprint density at radius 2 is 1.88 bits per heavy atom. The fraction of sp³-hybridized carbons (Fsp3) is 0.500. The van der Waals surface area contributed by atoms with E-state index in [1.54, 1.807) is 0 Å². The molecule has 0 saturated carbocycles. The molecule has 0 amide bonds. The lowest BCUT2D eigenvalue weighted by molar-refractivity contribution is -0.0327. The number of thioether (sulfide) groups is 1. The van der Waals surface area contributed by atoms with E-state index in [1.807, 2.05) is 24.3 Å². The summed E-state index contributed by atoms with van der Waals surface area (Å²) in [5, 5.41) is 3.05. The van der Waals surface area contributed by atoms with Gasteiger partial charge in [-0.3, -0.25) is 0 Å². The van der Waals surface area contributed by atoms with Crippen LogP contribution in [0.15, 0.2) is 24.3 Å². The number of nitrogens with one attached hydrogen (secondary N) is 1. The highest BCUT2D eigenvalue weighted by Crippen LogP contribution is 2.30. The van der Waals surface area contributed by atoms with Gasteiger partial charge in [0, 0.05) is 18.0 Å². The molecule has 0 fully saturated rings. The van der Waals surface area contributed by atoms with Gasteiger partial charge in [-0.15, -0.1) is 0 Å². The van der Waals surface area contributed by atoms with Crippen molar-refractivity contribution in [1.29, 1.82) is 0 Å². The third kappa shape index (κ3) is 5.35. The summed E-state index contributed by atoms with van der Waals surface area (Å²) in [5.41, 5.74) is -2.09. The summed E-state index contributed by atoms with van der Waals surface area (Å²) >= 11 is 0.00457. The lowest BCUT2D eigenvalue weighted by atomic mass is 10.0. The van der Waals surface area contributed by atoms with E-state index in [0.29, 0.717) is 12.5 Å². The summed E-state index contributed by atoms with van der Waals surface area (Å²) in [4.78, 5) is 0. The monoisotopic (exact) mass is 263 g/mol. The van der Waals surface area contributed by atoms with Crippen LogP contribution in [-0.2, 0) is 0 Å². The third-order valence-corrected chi connectivity index (χ3v) is 3.00. The Morgan fingerprint density at radius 1 is 1.24 bits per heavy atom. The molecular weight excluding hydrogens is 247 g/mol. The van der Waals surface area contributed by atoms with Gasteiger partial charge in [-0.05, 0) is 29.3 Å². The molecule has 1 nitrogen and oxygen atoms in total. The molecule has 0 saturated heterocycles. The first-order chi connectivity index (χ1) is 7.90. The van der Waals surface area contributed by atoms with Gasteiger partial charge in [-0.1, -0.05) is 32.0 Å². The van der Waals surface area contributed by atoms with Crippen molar-refractivity contribution < 1.29 is 13.2 Å². The summed E-state index contributed by atoms with van der Waals surface area (Å²) in [6.45, 7) is 4.43. The van der Waals surface area contributed by atoms with Crippen molar-refractivity contribution in [3.8, 4) is 0 Å². The van der Waals surface area contributed by atoms with Gasteiger partial charge < -0.3 is 5.32 Å². The molecule has 0 aliphatic rings. The zero-order chi connectivity index (χ0) is 12.9. The van der Waals surface area contributed by atoms with Crippen molar-refractivity contribution in [3.63, 3.8) is 0 Å². The van der Waals surface area contributed by atoms with E-state index in [-0.39, 0.29) is 17.5 Å². The maximum absolute atomic E-state index is 11.9. The van der Waals surface area contributed by atoms with Crippen LogP contribution in [0.4, 0.5) is 18.9 Å². The SMILES string of the molecule is CC(C)c1ccccc1NCCSC(F)(F)F. The number of alkyl halides is 3. The number of halogens is 3. The molecule has 0 unspecified atom stereocenters. The van der Waals surface area contributed by atoms with Gasteiger partial charge in [0.05, 0.1) is 0 Å². The van der Waals surface area contributed by atoms with E-state index in [2.05, 4.69) is 19.2 Å². The van der Waals surface area contributed by atoms with Gasteiger partial charge in [-0.25, -0.2) is 0 Å². The molecule has 1 N–H and O–H groups in total. The van der Waals surface area contributed by atoms with Crippen LogP contribution in [0.3, 0.4) is 0 Å². The van der Waals surface area contributed by atoms with Crippen LogP contribution in [0.2, 0.25) is 0 Å². The van der Waals surface area contributed by atoms with Crippen LogP contribution in [0.5, 0.6) is 0 Å². The standard InChI is InChI=1S/C12H16F3NS/c1-9(2)10-5-3-4-6-11(10)16-7-8-17-12(13,14)15/h3-6,9,16H,7-8H2,1-2H3. The molecule has 0 heterocycles. The molecule has 1 aromatic rings. The second-order valence-electron chi connectivity index (χ2n) is 3.96. The fourth-order valence-corrected chi connectivity index (χ4v) is 1.95. The Morgan fingerprint density at radius 3 is 2.47 bits per heavy atom. The van der Waals surface area contributed by atoms with Crippen LogP contribution < -0.4 is 5.32 Å². The van der Waals surface area contributed by atoms with E-state index in [0.717, 1.165) is 11.3 Å². The molecule has 0 atom stereocenters. The van der Waals surface area contributed by atoms with Crippen LogP contribution in [0.1, 0.15) is 25.3 Å². The number of hydrogen-bond acceptors (Lipinski definition) is 2. The topological polar surface area (TPSA) is 12.0 Å². The summed E-state index contributed by atoms with van der Waals surface area (Å²) in [6.07, 6.45) is 0. The Labute approximate surface area is 104 Å². The smallest absolute Gasteiger partial charge is 0.384 e. The molecule has 1 rings (SSSR count). The minimum absolute atomic E-state index is 0.00457. The zero-order valence-electron chi connectivity index (χ0n) is 9.84. The first kappa shape index (κ1) is 14.2. The van der Waals surface area contributed by atoms with Crippen LogP contribution >= 0.6 is 11.8 Å². The zero-order valence-corrected chi connectivity index (χ0v) is 10.7. The first-order valence-corrected chi connectivity index (χ1v) is 6.42. The maximum Gasteiger partial charge on any atom is 0.441 e. The van der Waals surface area contributed by atoms with Crippen LogP contribution in [0.25, 0.3) is 0 Å². The van der Waals surface area contributed by atoms with Gasteiger partial charge in [0.15, 0.2) is 0 Å². The average molecular weight is 263 g/mol. The molecular formula is C12H16F3NS. The van der Waals surface area contributed by atoms with E-state index >= 15 is 0 Å². The van der Waals surface area contributed by atoms with Crippen LogP contribution in [-0.4, -0.2) is 17.8 Å². The second-order valence-corrected chi connectivity index (χ2v) is 5.12. The minimum atomic E-state index is -4.14.